The number of carbonyl (C=O) groups is 1. The molecule has 18 heavy (non-hydrogen) atoms. The normalized spacial score (nSPS) is 16.8. The molecule has 0 amide bonds. The molecule has 1 aliphatic rings. The Morgan fingerprint density at radius 3 is 2.61 bits per heavy atom. The summed E-state index contributed by atoms with van der Waals surface area (Å²) in [5.74, 6) is -1.53. The summed E-state index contributed by atoms with van der Waals surface area (Å²) in [5, 5.41) is 0. The first-order valence-electron chi connectivity index (χ1n) is 6.37. The molecule has 0 aromatic heterocycles. The highest BCUT2D eigenvalue weighted by molar-refractivity contribution is 5.96. The smallest absolute Gasteiger partial charge is 0.167 e. The van der Waals surface area contributed by atoms with Crippen molar-refractivity contribution in [3.63, 3.8) is 0 Å². The molecule has 0 bridgehead atoms. The number of Topliss-reactive ketones (excluding diaryl/α,β-unsaturated/α-hetero) is 1. The van der Waals surface area contributed by atoms with Gasteiger partial charge in [0, 0.05) is 13.0 Å². The number of benzene rings is 1. The molecule has 1 heterocycles. The van der Waals surface area contributed by atoms with E-state index < -0.39 is 11.6 Å². The van der Waals surface area contributed by atoms with Crippen LogP contribution >= 0.6 is 0 Å². The van der Waals surface area contributed by atoms with Crippen LogP contribution in [-0.4, -0.2) is 30.3 Å². The largest absolute Gasteiger partial charge is 0.303 e. The topological polar surface area (TPSA) is 20.3 Å². The highest BCUT2D eigenvalue weighted by Gasteiger charge is 2.15. The third kappa shape index (κ3) is 3.35. The number of hydrogen-bond donors (Lipinski definition) is 0. The molecule has 0 spiro atoms. The van der Waals surface area contributed by atoms with Crippen LogP contribution in [0.1, 0.15) is 36.0 Å². The lowest BCUT2D eigenvalue weighted by Gasteiger charge is -2.25. The van der Waals surface area contributed by atoms with E-state index >= 15 is 0 Å². The molecule has 0 atom stereocenters. The molecule has 2 nitrogen and oxygen atoms in total. The predicted octanol–water partition coefficient (Wildman–Crippen LogP) is 3.02. The Morgan fingerprint density at radius 1 is 1.17 bits per heavy atom. The van der Waals surface area contributed by atoms with Crippen LogP contribution in [0.2, 0.25) is 0 Å². The number of carbonyl (C=O) groups excluding carboxylic acids is 1. The Morgan fingerprint density at radius 2 is 1.89 bits per heavy atom. The maximum absolute atomic E-state index is 13.4. The second kappa shape index (κ2) is 6.05. The van der Waals surface area contributed by atoms with Gasteiger partial charge in [-0.25, -0.2) is 8.78 Å². The number of halogens is 2. The van der Waals surface area contributed by atoms with E-state index in [9.17, 15) is 13.6 Å². The Balaban J connectivity index is 1.92. The zero-order chi connectivity index (χ0) is 13.0. The summed E-state index contributed by atoms with van der Waals surface area (Å²) in [4.78, 5) is 14.0. The van der Waals surface area contributed by atoms with Crippen LogP contribution in [0.25, 0.3) is 0 Å². The molecule has 0 aliphatic carbocycles. The van der Waals surface area contributed by atoms with Crippen molar-refractivity contribution in [2.75, 3.05) is 19.6 Å². The summed E-state index contributed by atoms with van der Waals surface area (Å²) < 4.78 is 26.4. The van der Waals surface area contributed by atoms with Gasteiger partial charge in [0.2, 0.25) is 0 Å². The van der Waals surface area contributed by atoms with Crippen molar-refractivity contribution in [2.45, 2.75) is 25.7 Å². The third-order valence-corrected chi connectivity index (χ3v) is 3.33. The number of likely N-dealkylation sites (tertiary alicyclic amines) is 1. The molecule has 2 rings (SSSR count). The van der Waals surface area contributed by atoms with Crippen molar-refractivity contribution in [3.8, 4) is 0 Å². The van der Waals surface area contributed by atoms with E-state index in [2.05, 4.69) is 4.90 Å². The van der Waals surface area contributed by atoms with Gasteiger partial charge in [0.15, 0.2) is 5.78 Å². The van der Waals surface area contributed by atoms with Crippen LogP contribution in [0.15, 0.2) is 18.2 Å². The number of nitrogens with zero attached hydrogens (tertiary/aromatic N) is 1. The quantitative estimate of drug-likeness (QED) is 0.769. The van der Waals surface area contributed by atoms with Crippen LogP contribution in [0.4, 0.5) is 8.78 Å². The fourth-order valence-electron chi connectivity index (χ4n) is 2.29. The monoisotopic (exact) mass is 253 g/mol. The number of ketones is 1. The maximum atomic E-state index is 13.4. The lowest BCUT2D eigenvalue weighted by molar-refractivity contribution is 0.0954. The van der Waals surface area contributed by atoms with Crippen LogP contribution < -0.4 is 0 Å². The molecule has 0 unspecified atom stereocenters. The first-order chi connectivity index (χ1) is 8.66. The summed E-state index contributed by atoms with van der Waals surface area (Å²) in [7, 11) is 0. The Kier molecular flexibility index (Phi) is 4.42. The molecule has 0 saturated carbocycles. The zero-order valence-electron chi connectivity index (χ0n) is 10.3. The van der Waals surface area contributed by atoms with Gasteiger partial charge in [-0.15, -0.1) is 0 Å². The highest BCUT2D eigenvalue weighted by atomic mass is 19.1. The Bertz CT molecular complexity index is 428. The lowest BCUT2D eigenvalue weighted by Crippen LogP contribution is -2.31. The van der Waals surface area contributed by atoms with Crippen molar-refractivity contribution < 1.29 is 13.6 Å². The van der Waals surface area contributed by atoms with Crippen molar-refractivity contribution in [1.82, 2.24) is 4.90 Å². The molecule has 98 valence electrons. The van der Waals surface area contributed by atoms with Gasteiger partial charge in [0.05, 0.1) is 5.56 Å². The first kappa shape index (κ1) is 13.1. The Hall–Kier alpha value is -1.29. The number of rotatable bonds is 4. The summed E-state index contributed by atoms with van der Waals surface area (Å²) in [6, 6.07) is 3.01. The molecule has 1 aromatic carbocycles. The second-order valence-corrected chi connectivity index (χ2v) is 4.70. The van der Waals surface area contributed by atoms with E-state index in [4.69, 9.17) is 0 Å². The van der Waals surface area contributed by atoms with Crippen LogP contribution in [-0.2, 0) is 0 Å². The van der Waals surface area contributed by atoms with E-state index in [1.165, 1.54) is 6.42 Å². The van der Waals surface area contributed by atoms with Gasteiger partial charge in [-0.3, -0.25) is 4.79 Å². The van der Waals surface area contributed by atoms with Gasteiger partial charge in [-0.2, -0.15) is 0 Å². The van der Waals surface area contributed by atoms with Crippen LogP contribution in [0.3, 0.4) is 0 Å². The summed E-state index contributed by atoms with van der Waals surface area (Å²) in [6.07, 6.45) is 3.80. The third-order valence-electron chi connectivity index (χ3n) is 3.33. The van der Waals surface area contributed by atoms with E-state index in [0.717, 1.165) is 44.1 Å². The molecule has 1 aliphatic heterocycles. The van der Waals surface area contributed by atoms with E-state index in [1.807, 2.05) is 0 Å². The van der Waals surface area contributed by atoms with Gasteiger partial charge >= 0.3 is 0 Å². The summed E-state index contributed by atoms with van der Waals surface area (Å²) >= 11 is 0. The lowest BCUT2D eigenvalue weighted by atomic mass is 10.1. The molecule has 1 fully saturated rings. The molecule has 1 aromatic rings. The SMILES string of the molecule is O=C(CCN1CCCCC1)c1cc(F)ccc1F. The fourth-order valence-corrected chi connectivity index (χ4v) is 2.29. The summed E-state index contributed by atoms with van der Waals surface area (Å²) in [5.41, 5.74) is -0.132. The molecular weight excluding hydrogens is 236 g/mol. The second-order valence-electron chi connectivity index (χ2n) is 4.70. The van der Waals surface area contributed by atoms with Crippen LogP contribution in [0.5, 0.6) is 0 Å². The average molecular weight is 253 g/mol. The fraction of sp³-hybridized carbons (Fsp3) is 0.500. The Labute approximate surface area is 106 Å². The first-order valence-corrected chi connectivity index (χ1v) is 6.37. The van der Waals surface area contributed by atoms with Gasteiger partial charge < -0.3 is 4.90 Å². The molecular formula is C14H17F2NO. The minimum atomic E-state index is -0.639. The molecule has 0 N–H and O–H groups in total. The number of hydrogen-bond acceptors (Lipinski definition) is 2. The van der Waals surface area contributed by atoms with E-state index in [0.29, 0.717) is 6.54 Å². The van der Waals surface area contributed by atoms with Crippen molar-refractivity contribution in [3.05, 3.63) is 35.4 Å². The average Bonchev–Trinajstić information content (AvgIpc) is 2.40. The van der Waals surface area contributed by atoms with Gasteiger partial charge in [-0.05, 0) is 44.1 Å². The van der Waals surface area contributed by atoms with E-state index in [1.54, 1.807) is 0 Å². The molecule has 4 heteroatoms. The summed E-state index contributed by atoms with van der Waals surface area (Å²) in [6.45, 7) is 2.63. The maximum Gasteiger partial charge on any atom is 0.167 e. The van der Waals surface area contributed by atoms with Gasteiger partial charge in [0.25, 0.3) is 0 Å². The highest BCUT2D eigenvalue weighted by Crippen LogP contribution is 2.14. The minimum absolute atomic E-state index is 0.132. The van der Waals surface area contributed by atoms with Crippen molar-refractivity contribution in [2.24, 2.45) is 0 Å². The molecule has 1 saturated heterocycles. The number of piperidine rings is 1. The standard InChI is InChI=1S/C14H17F2NO/c15-11-4-5-13(16)12(10-11)14(18)6-9-17-7-2-1-3-8-17/h4-5,10H,1-3,6-9H2. The van der Waals surface area contributed by atoms with Crippen molar-refractivity contribution >= 4 is 5.78 Å². The predicted molar refractivity (Wildman–Crippen MR) is 65.6 cm³/mol. The molecule has 0 radical (unpaired) electrons. The van der Waals surface area contributed by atoms with Gasteiger partial charge in [-0.1, -0.05) is 6.42 Å². The van der Waals surface area contributed by atoms with Crippen molar-refractivity contribution in [1.29, 1.82) is 0 Å². The van der Waals surface area contributed by atoms with Gasteiger partial charge in [0.1, 0.15) is 11.6 Å². The van der Waals surface area contributed by atoms with Crippen LogP contribution in [0, 0.1) is 11.6 Å². The zero-order valence-corrected chi connectivity index (χ0v) is 10.3. The van der Waals surface area contributed by atoms with E-state index in [-0.39, 0.29) is 17.8 Å². The minimum Gasteiger partial charge on any atom is -0.303 e.